The summed E-state index contributed by atoms with van der Waals surface area (Å²) in [5, 5.41) is 0. The van der Waals surface area contributed by atoms with E-state index in [9.17, 15) is 8.42 Å². The van der Waals surface area contributed by atoms with Gasteiger partial charge in [-0.15, -0.1) is 0 Å². The molecule has 0 spiro atoms. The Labute approximate surface area is 151 Å². The minimum atomic E-state index is -3.53. The van der Waals surface area contributed by atoms with Gasteiger partial charge < -0.3 is 9.64 Å². The van der Waals surface area contributed by atoms with Crippen LogP contribution in [0.15, 0.2) is 17.0 Å². The van der Waals surface area contributed by atoms with E-state index in [0.717, 1.165) is 57.3 Å². The molecule has 0 aromatic heterocycles. The summed E-state index contributed by atoms with van der Waals surface area (Å²) in [5.41, 5.74) is 2.38. The fraction of sp³-hybridized carbons (Fsp3) is 0.684. The van der Waals surface area contributed by atoms with Crippen molar-refractivity contribution < 1.29 is 13.2 Å². The van der Waals surface area contributed by atoms with Crippen LogP contribution in [0.3, 0.4) is 0 Å². The first-order valence-corrected chi connectivity index (χ1v) is 11.0. The Balaban J connectivity index is 1.62. The Kier molecular flexibility index (Phi) is 6.36. The van der Waals surface area contributed by atoms with Crippen molar-refractivity contribution in [1.82, 2.24) is 9.62 Å². The van der Waals surface area contributed by atoms with Crippen molar-refractivity contribution >= 4 is 10.0 Å². The van der Waals surface area contributed by atoms with Crippen LogP contribution in [0.1, 0.15) is 49.7 Å². The van der Waals surface area contributed by atoms with Crippen LogP contribution in [-0.2, 0) is 22.9 Å². The maximum Gasteiger partial charge on any atom is 0.244 e. The molecule has 140 valence electrons. The molecule has 0 radical (unpaired) electrons. The maximum absolute atomic E-state index is 12.7. The molecule has 1 aliphatic heterocycles. The van der Waals surface area contributed by atoms with Crippen LogP contribution >= 0.6 is 0 Å². The molecule has 1 aliphatic carbocycles. The van der Waals surface area contributed by atoms with Crippen LogP contribution in [0.4, 0.5) is 0 Å². The predicted molar refractivity (Wildman–Crippen MR) is 99.7 cm³/mol. The highest BCUT2D eigenvalue weighted by Crippen LogP contribution is 2.31. The summed E-state index contributed by atoms with van der Waals surface area (Å²) in [7, 11) is -1.99. The highest BCUT2D eigenvalue weighted by Gasteiger charge is 2.23. The second-order valence-electron chi connectivity index (χ2n) is 7.13. The first-order valence-electron chi connectivity index (χ1n) is 9.52. The molecule has 0 unspecified atom stereocenters. The van der Waals surface area contributed by atoms with Crippen molar-refractivity contribution in [1.29, 1.82) is 0 Å². The van der Waals surface area contributed by atoms with E-state index in [2.05, 4.69) is 9.62 Å². The number of hydrogen-bond acceptors (Lipinski definition) is 4. The third-order valence-corrected chi connectivity index (χ3v) is 6.79. The normalized spacial score (nSPS) is 18.8. The molecule has 0 saturated carbocycles. The van der Waals surface area contributed by atoms with E-state index in [1.54, 1.807) is 7.11 Å². The van der Waals surface area contributed by atoms with Crippen LogP contribution in [-0.4, -0.2) is 46.6 Å². The Morgan fingerprint density at radius 2 is 1.72 bits per heavy atom. The summed E-state index contributed by atoms with van der Waals surface area (Å²) in [6, 6.07) is 3.73. The number of nitrogens with one attached hydrogen (secondary N) is 1. The zero-order valence-corrected chi connectivity index (χ0v) is 16.0. The average Bonchev–Trinajstić information content (AvgIpc) is 2.65. The quantitative estimate of drug-likeness (QED) is 0.754. The molecule has 1 N–H and O–H groups in total. The Bertz CT molecular complexity index is 682. The van der Waals surface area contributed by atoms with Gasteiger partial charge in [0.15, 0.2) is 0 Å². The second kappa shape index (κ2) is 8.52. The number of aryl methyl sites for hydroxylation is 2. The number of nitrogens with zero attached hydrogens (tertiary/aromatic N) is 1. The Morgan fingerprint density at radius 1 is 1.04 bits per heavy atom. The zero-order valence-electron chi connectivity index (χ0n) is 15.2. The van der Waals surface area contributed by atoms with E-state index in [0.29, 0.717) is 12.3 Å². The van der Waals surface area contributed by atoms with Gasteiger partial charge in [0.25, 0.3) is 0 Å². The van der Waals surface area contributed by atoms with E-state index in [1.807, 2.05) is 12.1 Å². The van der Waals surface area contributed by atoms with E-state index in [-0.39, 0.29) is 4.90 Å². The Morgan fingerprint density at radius 3 is 2.40 bits per heavy atom. The Hall–Kier alpha value is -1.11. The second-order valence-corrected chi connectivity index (χ2v) is 8.87. The lowest BCUT2D eigenvalue weighted by atomic mass is 9.92. The first-order chi connectivity index (χ1) is 12.1. The standard InChI is InChI=1S/C19H30N2O3S/c1-24-18-14-16-8-3-4-9-17(16)15-19(18)25(22,23)20-10-7-13-21-11-5-2-6-12-21/h14-15,20H,2-13H2,1H3. The summed E-state index contributed by atoms with van der Waals surface area (Å²) in [6.45, 7) is 3.72. The molecule has 0 bridgehead atoms. The lowest BCUT2D eigenvalue weighted by Crippen LogP contribution is -2.33. The molecule has 3 rings (SSSR count). The molecule has 1 heterocycles. The fourth-order valence-corrected chi connectivity index (χ4v) is 5.15. The number of rotatable bonds is 7. The van der Waals surface area contributed by atoms with Crippen LogP contribution in [0.5, 0.6) is 5.75 Å². The number of fused-ring (bicyclic) bond motifs is 1. The summed E-state index contributed by atoms with van der Waals surface area (Å²) in [4.78, 5) is 2.71. The molecular formula is C19H30N2O3S. The average molecular weight is 367 g/mol. The third-order valence-electron chi connectivity index (χ3n) is 5.31. The van der Waals surface area contributed by atoms with Crippen LogP contribution in [0.2, 0.25) is 0 Å². The van der Waals surface area contributed by atoms with Gasteiger partial charge in [-0.25, -0.2) is 13.1 Å². The summed E-state index contributed by atoms with van der Waals surface area (Å²) < 4.78 is 33.6. The van der Waals surface area contributed by atoms with E-state index in [1.165, 1.54) is 24.8 Å². The largest absolute Gasteiger partial charge is 0.495 e. The molecule has 1 saturated heterocycles. The van der Waals surface area contributed by atoms with Gasteiger partial charge in [-0.1, -0.05) is 6.42 Å². The fourth-order valence-electron chi connectivity index (χ4n) is 3.88. The van der Waals surface area contributed by atoms with Gasteiger partial charge in [-0.05, 0) is 87.8 Å². The molecular weight excluding hydrogens is 336 g/mol. The topological polar surface area (TPSA) is 58.6 Å². The molecule has 25 heavy (non-hydrogen) atoms. The predicted octanol–water partition coefficient (Wildman–Crippen LogP) is 2.73. The lowest BCUT2D eigenvalue weighted by Gasteiger charge is -2.26. The van der Waals surface area contributed by atoms with Crippen molar-refractivity contribution in [3.8, 4) is 5.75 Å². The lowest BCUT2D eigenvalue weighted by molar-refractivity contribution is 0.227. The molecule has 1 aromatic carbocycles. The molecule has 2 aliphatic rings. The first kappa shape index (κ1) is 18.7. The zero-order chi connectivity index (χ0) is 17.7. The minimum absolute atomic E-state index is 0.286. The monoisotopic (exact) mass is 366 g/mol. The molecule has 0 atom stereocenters. The van der Waals surface area contributed by atoms with Crippen molar-refractivity contribution in [2.45, 2.75) is 56.3 Å². The molecule has 6 heteroatoms. The van der Waals surface area contributed by atoms with Crippen LogP contribution < -0.4 is 9.46 Å². The van der Waals surface area contributed by atoms with Crippen molar-refractivity contribution in [2.24, 2.45) is 0 Å². The summed E-state index contributed by atoms with van der Waals surface area (Å²) in [5.74, 6) is 0.462. The number of benzene rings is 1. The van der Waals surface area contributed by atoms with E-state index in [4.69, 9.17) is 4.74 Å². The maximum atomic E-state index is 12.7. The molecule has 5 nitrogen and oxygen atoms in total. The van der Waals surface area contributed by atoms with Gasteiger partial charge in [0.1, 0.15) is 10.6 Å². The highest BCUT2D eigenvalue weighted by atomic mass is 32.2. The van der Waals surface area contributed by atoms with Crippen LogP contribution in [0.25, 0.3) is 0 Å². The summed E-state index contributed by atoms with van der Waals surface area (Å²) in [6.07, 6.45) is 8.94. The third kappa shape index (κ3) is 4.74. The molecule has 1 aromatic rings. The van der Waals surface area contributed by atoms with Gasteiger partial charge in [0.05, 0.1) is 7.11 Å². The van der Waals surface area contributed by atoms with Crippen molar-refractivity contribution in [3.05, 3.63) is 23.3 Å². The van der Waals surface area contributed by atoms with Gasteiger partial charge in [0, 0.05) is 6.54 Å². The SMILES string of the molecule is COc1cc2c(cc1S(=O)(=O)NCCCN1CCCCC1)CCCC2. The summed E-state index contributed by atoms with van der Waals surface area (Å²) >= 11 is 0. The van der Waals surface area contributed by atoms with Gasteiger partial charge in [-0.2, -0.15) is 0 Å². The van der Waals surface area contributed by atoms with E-state index < -0.39 is 10.0 Å². The van der Waals surface area contributed by atoms with Gasteiger partial charge in [0.2, 0.25) is 10.0 Å². The minimum Gasteiger partial charge on any atom is -0.495 e. The van der Waals surface area contributed by atoms with Crippen LogP contribution in [0, 0.1) is 0 Å². The van der Waals surface area contributed by atoms with Gasteiger partial charge >= 0.3 is 0 Å². The van der Waals surface area contributed by atoms with Crippen molar-refractivity contribution in [2.75, 3.05) is 33.3 Å². The number of ether oxygens (including phenoxy) is 1. The van der Waals surface area contributed by atoms with Gasteiger partial charge in [-0.3, -0.25) is 0 Å². The molecule has 1 fully saturated rings. The number of likely N-dealkylation sites (tertiary alicyclic amines) is 1. The number of sulfonamides is 1. The number of methoxy groups -OCH3 is 1. The highest BCUT2D eigenvalue weighted by molar-refractivity contribution is 7.89. The number of hydrogen-bond donors (Lipinski definition) is 1. The van der Waals surface area contributed by atoms with Crippen molar-refractivity contribution in [3.63, 3.8) is 0 Å². The van der Waals surface area contributed by atoms with E-state index >= 15 is 0 Å². The number of piperidine rings is 1. The molecule has 0 amide bonds. The smallest absolute Gasteiger partial charge is 0.244 e.